The second kappa shape index (κ2) is 15.5. The van der Waals surface area contributed by atoms with Gasteiger partial charge in [0.2, 0.25) is 0 Å². The zero-order valence-electron chi connectivity index (χ0n) is 23.5. The van der Waals surface area contributed by atoms with E-state index in [0.717, 1.165) is 22.2 Å². The summed E-state index contributed by atoms with van der Waals surface area (Å²) in [7, 11) is 0. The lowest BCUT2D eigenvalue weighted by Crippen LogP contribution is -2.44. The Balaban J connectivity index is 0.000000676. The van der Waals surface area contributed by atoms with Crippen molar-refractivity contribution in [2.45, 2.75) is 57.5 Å². The van der Waals surface area contributed by atoms with Gasteiger partial charge in [0.15, 0.2) is 6.61 Å². The van der Waals surface area contributed by atoms with Crippen LogP contribution in [0, 0.1) is 6.92 Å². The van der Waals surface area contributed by atoms with Crippen molar-refractivity contribution in [3.63, 3.8) is 0 Å². The number of halogens is 3. The normalized spacial score (nSPS) is 16.1. The van der Waals surface area contributed by atoms with E-state index in [1.165, 1.54) is 5.48 Å². The lowest BCUT2D eigenvalue weighted by atomic mass is 9.91. The molecule has 0 saturated heterocycles. The number of carboxylic acid groups (broad SMARTS) is 1. The number of nitrogens with zero attached hydrogens (tertiary/aromatic N) is 1. The first-order valence-electron chi connectivity index (χ1n) is 13.4. The molecule has 1 aliphatic carbocycles. The van der Waals surface area contributed by atoms with Crippen LogP contribution < -0.4 is 20.9 Å². The molecule has 2 aromatic carbocycles. The largest absolute Gasteiger partial charge is 0.490 e. The molecule has 0 unspecified atom stereocenters. The summed E-state index contributed by atoms with van der Waals surface area (Å²) in [5.41, 5.74) is 4.86. The number of para-hydroxylation sites is 1. The van der Waals surface area contributed by atoms with Gasteiger partial charge in [-0.3, -0.25) is 19.8 Å². The molecule has 3 aromatic rings. The highest BCUT2D eigenvalue weighted by molar-refractivity contribution is 5.94. The number of aryl methyl sites for hydroxylation is 1. The van der Waals surface area contributed by atoms with Crippen molar-refractivity contribution in [2.75, 3.05) is 6.61 Å². The van der Waals surface area contributed by atoms with Crippen LogP contribution in [-0.4, -0.2) is 64.0 Å². The van der Waals surface area contributed by atoms with Gasteiger partial charge in [-0.25, -0.2) is 15.1 Å². The summed E-state index contributed by atoms with van der Waals surface area (Å²) in [4.78, 5) is 48.8. The lowest BCUT2D eigenvalue weighted by molar-refractivity contribution is -0.192. The number of benzene rings is 2. The Morgan fingerprint density at radius 1 is 0.955 bits per heavy atom. The molecular weight excluding hydrogens is 589 g/mol. The molecule has 236 valence electrons. The average Bonchev–Trinajstić information content (AvgIpc) is 2.99. The molecular formula is C29H31F3N4O8. The molecule has 1 heterocycles. The number of aliphatic carboxylic acids is 1. The number of ether oxygens (including phenoxy) is 2. The fourth-order valence-electron chi connectivity index (χ4n) is 4.40. The van der Waals surface area contributed by atoms with Crippen LogP contribution >= 0.6 is 0 Å². The molecule has 12 nitrogen and oxygen atoms in total. The Morgan fingerprint density at radius 3 is 2.14 bits per heavy atom. The summed E-state index contributed by atoms with van der Waals surface area (Å²) in [6, 6.07) is 16.9. The van der Waals surface area contributed by atoms with Crippen LogP contribution in [0.3, 0.4) is 0 Å². The number of hydrogen-bond acceptors (Lipinski definition) is 8. The smallest absolute Gasteiger partial charge is 0.489 e. The summed E-state index contributed by atoms with van der Waals surface area (Å²) in [6.45, 7) is 1.80. The van der Waals surface area contributed by atoms with Gasteiger partial charge in [0, 0.05) is 34.3 Å². The van der Waals surface area contributed by atoms with E-state index in [-0.39, 0.29) is 18.0 Å². The van der Waals surface area contributed by atoms with E-state index in [4.69, 9.17) is 24.6 Å². The number of hydrogen-bond donors (Lipinski definition) is 5. The van der Waals surface area contributed by atoms with Crippen molar-refractivity contribution in [1.29, 1.82) is 0 Å². The van der Waals surface area contributed by atoms with Crippen molar-refractivity contribution in [1.82, 2.24) is 21.1 Å². The Labute approximate surface area is 249 Å². The van der Waals surface area contributed by atoms with E-state index < -0.39 is 30.8 Å². The number of hydroxylamine groups is 1. The molecule has 1 fully saturated rings. The quantitative estimate of drug-likeness (QED) is 0.184. The van der Waals surface area contributed by atoms with Crippen molar-refractivity contribution < 1.29 is 52.1 Å². The number of alkyl halides is 3. The number of rotatable bonds is 8. The van der Waals surface area contributed by atoms with Gasteiger partial charge in [0.05, 0.1) is 5.52 Å². The van der Waals surface area contributed by atoms with Gasteiger partial charge in [-0.1, -0.05) is 18.2 Å². The molecule has 15 heteroatoms. The molecule has 0 bridgehead atoms. The molecule has 44 heavy (non-hydrogen) atoms. The minimum atomic E-state index is -5.08. The van der Waals surface area contributed by atoms with Gasteiger partial charge >= 0.3 is 18.2 Å². The highest BCUT2D eigenvalue weighted by atomic mass is 19.4. The zero-order chi connectivity index (χ0) is 32.3. The number of aromatic nitrogens is 1. The second-order valence-electron chi connectivity index (χ2n) is 9.83. The highest BCUT2D eigenvalue weighted by Gasteiger charge is 2.38. The van der Waals surface area contributed by atoms with Crippen LogP contribution in [0.25, 0.3) is 10.9 Å². The van der Waals surface area contributed by atoms with Gasteiger partial charge in [-0.15, -0.1) is 0 Å². The number of carbonyl (C=O) groups excluding carboxylic acids is 3. The monoisotopic (exact) mass is 620 g/mol. The number of alkyl carbamates (subject to hydrolysis) is 1. The summed E-state index contributed by atoms with van der Waals surface area (Å²) >= 11 is 0. The maximum atomic E-state index is 12.7. The molecule has 1 aromatic heterocycles. The average molecular weight is 621 g/mol. The van der Waals surface area contributed by atoms with Gasteiger partial charge in [-0.2, -0.15) is 13.2 Å². The minimum Gasteiger partial charge on any atom is -0.489 e. The van der Waals surface area contributed by atoms with Crippen molar-refractivity contribution in [3.05, 3.63) is 71.4 Å². The Kier molecular flexibility index (Phi) is 11.8. The predicted octanol–water partition coefficient (Wildman–Crippen LogP) is 4.03. The first-order chi connectivity index (χ1) is 20.8. The van der Waals surface area contributed by atoms with Crippen molar-refractivity contribution >= 4 is 34.8 Å². The number of carboxylic acids is 1. The Morgan fingerprint density at radius 2 is 1.55 bits per heavy atom. The lowest BCUT2D eigenvalue weighted by Gasteiger charge is -2.29. The van der Waals surface area contributed by atoms with E-state index in [9.17, 15) is 27.6 Å². The highest BCUT2D eigenvalue weighted by Crippen LogP contribution is 2.22. The number of pyridine rings is 1. The number of amides is 3. The fourth-order valence-corrected chi connectivity index (χ4v) is 4.40. The van der Waals surface area contributed by atoms with Crippen LogP contribution in [0.5, 0.6) is 5.75 Å². The summed E-state index contributed by atoms with van der Waals surface area (Å²) in [6.07, 6.45) is -3.06. The maximum Gasteiger partial charge on any atom is 0.490 e. The molecule has 0 spiro atoms. The molecule has 0 radical (unpaired) electrons. The molecule has 3 amide bonds. The summed E-state index contributed by atoms with van der Waals surface area (Å²) in [5.74, 6) is -3.05. The van der Waals surface area contributed by atoms with Crippen molar-refractivity contribution in [2.24, 2.45) is 0 Å². The van der Waals surface area contributed by atoms with E-state index in [1.54, 1.807) is 24.3 Å². The molecule has 4 rings (SSSR count). The van der Waals surface area contributed by atoms with E-state index >= 15 is 0 Å². The standard InChI is InChI=1S/C27H30N4O6.C2HF3O2/c1-17-14-19(23-4-2-3-5-24(23)28-17)15-36-22-12-6-18(7-13-22)26(33)29-20-8-10-21(11-9-20)30-27(34)37-16-25(32)31-35;3-2(4,5)1(6)7/h2-7,12-14,20-21,35H,8-11,15-16H2,1H3,(H,29,33)(H,30,34)(H,31,32);(H,6,7). The number of carbonyl (C=O) groups is 4. The molecule has 1 aliphatic rings. The third-order valence-corrected chi connectivity index (χ3v) is 6.53. The third-order valence-electron chi connectivity index (χ3n) is 6.53. The van der Waals surface area contributed by atoms with Crippen LogP contribution in [0.4, 0.5) is 18.0 Å². The Bertz CT molecular complexity index is 1460. The molecule has 5 N–H and O–H groups in total. The zero-order valence-corrected chi connectivity index (χ0v) is 23.5. The van der Waals surface area contributed by atoms with Crippen molar-refractivity contribution in [3.8, 4) is 5.75 Å². The van der Waals surface area contributed by atoms with Crippen LogP contribution in [-0.2, 0) is 20.9 Å². The van der Waals surface area contributed by atoms with Crippen LogP contribution in [0.15, 0.2) is 54.6 Å². The first-order valence-corrected chi connectivity index (χ1v) is 13.4. The SMILES string of the molecule is Cc1cc(COc2ccc(C(=O)NC3CCC(NC(=O)OCC(=O)NO)CC3)cc2)c2ccccc2n1.O=C(O)C(F)(F)F. The van der Waals surface area contributed by atoms with Gasteiger partial charge in [-0.05, 0) is 69.0 Å². The molecule has 0 aliphatic heterocycles. The fraction of sp³-hybridized carbons (Fsp3) is 0.345. The Hall–Kier alpha value is -4.92. The van der Waals surface area contributed by atoms with Crippen LogP contribution in [0.1, 0.15) is 47.3 Å². The van der Waals surface area contributed by atoms with E-state index in [0.29, 0.717) is 43.6 Å². The second-order valence-corrected chi connectivity index (χ2v) is 9.83. The van der Waals surface area contributed by atoms with Gasteiger partial charge in [0.25, 0.3) is 11.8 Å². The maximum absolute atomic E-state index is 12.7. The predicted molar refractivity (Wildman–Crippen MR) is 149 cm³/mol. The molecule has 1 saturated carbocycles. The topological polar surface area (TPSA) is 176 Å². The van der Waals surface area contributed by atoms with Gasteiger partial charge < -0.3 is 25.2 Å². The van der Waals surface area contributed by atoms with Gasteiger partial charge in [0.1, 0.15) is 12.4 Å². The van der Waals surface area contributed by atoms with E-state index in [1.807, 2.05) is 37.3 Å². The summed E-state index contributed by atoms with van der Waals surface area (Å²) in [5, 5.41) is 22.3. The first kappa shape index (κ1) is 33.6. The van der Waals surface area contributed by atoms with E-state index in [2.05, 4.69) is 15.6 Å². The minimum absolute atomic E-state index is 0.000810. The van der Waals surface area contributed by atoms with Crippen LogP contribution in [0.2, 0.25) is 0 Å². The summed E-state index contributed by atoms with van der Waals surface area (Å²) < 4.78 is 42.4. The number of fused-ring (bicyclic) bond motifs is 1. The third kappa shape index (κ3) is 10.4. The molecule has 0 atom stereocenters. The number of nitrogens with one attached hydrogen (secondary N) is 3.